The normalized spacial score (nSPS) is 10.4. The number of aromatic nitrogens is 1. The third kappa shape index (κ3) is 3.60. The van der Waals surface area contributed by atoms with Gasteiger partial charge >= 0.3 is 0 Å². The van der Waals surface area contributed by atoms with E-state index >= 15 is 0 Å². The van der Waals surface area contributed by atoms with Crippen LogP contribution in [0.1, 0.15) is 16.1 Å². The van der Waals surface area contributed by atoms with E-state index in [9.17, 15) is 9.18 Å². The lowest BCUT2D eigenvalue weighted by molar-refractivity contribution is 0.0946. The molecule has 6 heteroatoms. The molecule has 3 rings (SSSR count). The number of nitrogens with zero attached hydrogens (tertiary/aromatic N) is 1. The molecule has 24 heavy (non-hydrogen) atoms. The van der Waals surface area contributed by atoms with Crippen molar-refractivity contribution in [1.82, 2.24) is 10.3 Å². The highest BCUT2D eigenvalue weighted by molar-refractivity contribution is 7.13. The van der Waals surface area contributed by atoms with Crippen molar-refractivity contribution in [2.24, 2.45) is 0 Å². The molecule has 0 radical (unpaired) electrons. The van der Waals surface area contributed by atoms with Crippen molar-refractivity contribution < 1.29 is 13.9 Å². The number of amides is 1. The highest BCUT2D eigenvalue weighted by Gasteiger charge is 2.14. The Morgan fingerprint density at radius 2 is 2.04 bits per heavy atom. The second-order valence-corrected chi connectivity index (χ2v) is 5.91. The Bertz CT molecular complexity index is 849. The quantitative estimate of drug-likeness (QED) is 0.765. The summed E-state index contributed by atoms with van der Waals surface area (Å²) in [5.41, 5.74) is 1.63. The molecule has 122 valence electrons. The fraction of sp³-hybridized carbons (Fsp3) is 0.111. The predicted octanol–water partition coefficient (Wildman–Crippen LogP) is 3.89. The molecule has 1 heterocycles. The average molecular weight is 342 g/mol. The van der Waals surface area contributed by atoms with Gasteiger partial charge in [0.2, 0.25) is 0 Å². The molecule has 0 unspecified atom stereocenters. The van der Waals surface area contributed by atoms with Gasteiger partial charge in [-0.1, -0.05) is 30.3 Å². The van der Waals surface area contributed by atoms with E-state index in [0.717, 1.165) is 5.56 Å². The molecule has 1 aromatic heterocycles. The van der Waals surface area contributed by atoms with Gasteiger partial charge in [-0.25, -0.2) is 9.37 Å². The number of carbonyl (C=O) groups is 1. The van der Waals surface area contributed by atoms with Gasteiger partial charge in [-0.15, -0.1) is 11.3 Å². The lowest BCUT2D eigenvalue weighted by Gasteiger charge is -2.04. The molecule has 1 amide bonds. The second-order valence-electron chi connectivity index (χ2n) is 5.05. The summed E-state index contributed by atoms with van der Waals surface area (Å²) in [7, 11) is 1.48. The Morgan fingerprint density at radius 1 is 1.25 bits per heavy atom. The lowest BCUT2D eigenvalue weighted by atomic mass is 10.2. The zero-order valence-corrected chi connectivity index (χ0v) is 13.8. The van der Waals surface area contributed by atoms with Crippen LogP contribution in [0.4, 0.5) is 4.39 Å². The Balaban J connectivity index is 1.72. The first-order chi connectivity index (χ1) is 11.7. The third-order valence-electron chi connectivity index (χ3n) is 3.44. The van der Waals surface area contributed by atoms with E-state index in [0.29, 0.717) is 22.9 Å². The predicted molar refractivity (Wildman–Crippen MR) is 91.7 cm³/mol. The molecule has 0 spiro atoms. The first-order valence-electron chi connectivity index (χ1n) is 7.29. The maximum Gasteiger partial charge on any atom is 0.271 e. The largest absolute Gasteiger partial charge is 0.497 e. The van der Waals surface area contributed by atoms with Crippen LogP contribution in [0.25, 0.3) is 10.6 Å². The highest BCUT2D eigenvalue weighted by Crippen LogP contribution is 2.28. The summed E-state index contributed by atoms with van der Waals surface area (Å²) in [4.78, 5) is 16.4. The van der Waals surface area contributed by atoms with Gasteiger partial charge in [0.25, 0.3) is 5.91 Å². The van der Waals surface area contributed by atoms with Gasteiger partial charge in [0.05, 0.1) is 7.11 Å². The zero-order chi connectivity index (χ0) is 16.9. The third-order valence-corrected chi connectivity index (χ3v) is 4.31. The van der Waals surface area contributed by atoms with Crippen LogP contribution in [-0.2, 0) is 6.54 Å². The number of halogens is 1. The molecule has 2 aromatic carbocycles. The molecule has 0 aliphatic heterocycles. The minimum atomic E-state index is -0.431. The highest BCUT2D eigenvalue weighted by atomic mass is 32.1. The van der Waals surface area contributed by atoms with Crippen LogP contribution in [0.2, 0.25) is 0 Å². The van der Waals surface area contributed by atoms with E-state index in [-0.39, 0.29) is 11.6 Å². The number of carbonyl (C=O) groups excluding carboxylic acids is 1. The first-order valence-corrected chi connectivity index (χ1v) is 8.17. The number of methoxy groups -OCH3 is 1. The number of benzene rings is 2. The van der Waals surface area contributed by atoms with Crippen LogP contribution in [0.15, 0.2) is 53.9 Å². The zero-order valence-electron chi connectivity index (χ0n) is 13.0. The number of nitrogens with one attached hydrogen (secondary N) is 1. The molecule has 0 aliphatic rings. The summed E-state index contributed by atoms with van der Waals surface area (Å²) in [6.45, 7) is 0.420. The van der Waals surface area contributed by atoms with Crippen LogP contribution in [0, 0.1) is 5.82 Å². The van der Waals surface area contributed by atoms with Crippen LogP contribution in [-0.4, -0.2) is 18.0 Å². The smallest absolute Gasteiger partial charge is 0.271 e. The first kappa shape index (κ1) is 16.1. The van der Waals surface area contributed by atoms with E-state index in [1.807, 2.05) is 30.3 Å². The second kappa shape index (κ2) is 7.23. The summed E-state index contributed by atoms with van der Waals surface area (Å²) in [5, 5.41) is 4.89. The molecule has 0 aliphatic carbocycles. The Hall–Kier alpha value is -2.73. The summed E-state index contributed by atoms with van der Waals surface area (Å²) >= 11 is 1.23. The minimum Gasteiger partial charge on any atom is -0.497 e. The Morgan fingerprint density at radius 3 is 2.75 bits per heavy atom. The molecule has 0 fully saturated rings. The van der Waals surface area contributed by atoms with Gasteiger partial charge in [-0.3, -0.25) is 4.79 Å². The van der Waals surface area contributed by atoms with Crippen LogP contribution >= 0.6 is 11.3 Å². The fourth-order valence-electron chi connectivity index (χ4n) is 2.17. The van der Waals surface area contributed by atoms with Gasteiger partial charge in [0.1, 0.15) is 22.3 Å². The fourth-order valence-corrected chi connectivity index (χ4v) is 2.99. The minimum absolute atomic E-state index is 0.279. The SMILES string of the molecule is COc1ccc(-c2nc(C(=O)NCc3ccccc3)cs2)c(F)c1. The van der Waals surface area contributed by atoms with Crippen molar-refractivity contribution in [3.8, 4) is 16.3 Å². The molecular formula is C18H15FN2O2S. The molecule has 3 aromatic rings. The number of hydrogen-bond acceptors (Lipinski definition) is 4. The lowest BCUT2D eigenvalue weighted by Crippen LogP contribution is -2.23. The topological polar surface area (TPSA) is 51.2 Å². The summed E-state index contributed by atoms with van der Waals surface area (Å²) < 4.78 is 19.1. The van der Waals surface area contributed by atoms with Crippen LogP contribution in [0.3, 0.4) is 0 Å². The van der Waals surface area contributed by atoms with Gasteiger partial charge in [0.15, 0.2) is 0 Å². The van der Waals surface area contributed by atoms with Gasteiger partial charge < -0.3 is 10.1 Å². The summed E-state index contributed by atoms with van der Waals surface area (Å²) in [5.74, 6) is -0.274. The molecule has 4 nitrogen and oxygen atoms in total. The number of hydrogen-bond donors (Lipinski definition) is 1. The maximum atomic E-state index is 14.1. The van der Waals surface area contributed by atoms with Crippen molar-refractivity contribution in [2.45, 2.75) is 6.54 Å². The number of ether oxygens (including phenoxy) is 1. The molecule has 0 bridgehead atoms. The van der Waals surface area contributed by atoms with Crippen LogP contribution in [0.5, 0.6) is 5.75 Å². The maximum absolute atomic E-state index is 14.1. The van der Waals surface area contributed by atoms with Crippen molar-refractivity contribution in [3.05, 3.63) is 71.0 Å². The number of rotatable bonds is 5. The van der Waals surface area contributed by atoms with Gasteiger partial charge in [0, 0.05) is 23.6 Å². The molecule has 0 saturated carbocycles. The van der Waals surface area contributed by atoms with Crippen molar-refractivity contribution >= 4 is 17.2 Å². The van der Waals surface area contributed by atoms with E-state index in [1.54, 1.807) is 17.5 Å². The average Bonchev–Trinajstić information content (AvgIpc) is 3.10. The van der Waals surface area contributed by atoms with Gasteiger partial charge in [-0.05, 0) is 17.7 Å². The Labute approximate surface area is 142 Å². The van der Waals surface area contributed by atoms with E-state index < -0.39 is 5.82 Å². The van der Waals surface area contributed by atoms with Crippen LogP contribution < -0.4 is 10.1 Å². The molecule has 0 saturated heterocycles. The van der Waals surface area contributed by atoms with E-state index in [2.05, 4.69) is 10.3 Å². The van der Waals surface area contributed by atoms with Crippen molar-refractivity contribution in [2.75, 3.05) is 7.11 Å². The molecule has 1 N–H and O–H groups in total. The van der Waals surface area contributed by atoms with E-state index in [1.165, 1.54) is 24.5 Å². The van der Waals surface area contributed by atoms with Crippen molar-refractivity contribution in [3.63, 3.8) is 0 Å². The standard InChI is InChI=1S/C18H15FN2O2S/c1-23-13-7-8-14(15(19)9-13)18-21-16(11-24-18)17(22)20-10-12-5-3-2-4-6-12/h2-9,11H,10H2,1H3,(H,20,22). The molecular weight excluding hydrogens is 327 g/mol. The Kier molecular flexibility index (Phi) is 4.86. The van der Waals surface area contributed by atoms with Gasteiger partial charge in [-0.2, -0.15) is 0 Å². The van der Waals surface area contributed by atoms with E-state index in [4.69, 9.17) is 4.74 Å². The van der Waals surface area contributed by atoms with Crippen molar-refractivity contribution in [1.29, 1.82) is 0 Å². The monoisotopic (exact) mass is 342 g/mol. The number of thiazole rings is 1. The summed E-state index contributed by atoms with van der Waals surface area (Å²) in [6, 6.07) is 14.2. The summed E-state index contributed by atoms with van der Waals surface area (Å²) in [6.07, 6.45) is 0. The molecule has 0 atom stereocenters.